The highest BCUT2D eigenvalue weighted by Crippen LogP contribution is 2.33. The smallest absolute Gasteiger partial charge is 0.319 e. The second-order valence-corrected chi connectivity index (χ2v) is 9.63. The molecule has 3 atom stereocenters. The summed E-state index contributed by atoms with van der Waals surface area (Å²) in [5.41, 5.74) is 2.08. The lowest BCUT2D eigenvalue weighted by Gasteiger charge is -2.32. The molecule has 11 heteroatoms. The fourth-order valence-corrected chi connectivity index (χ4v) is 5.11. The summed E-state index contributed by atoms with van der Waals surface area (Å²) < 4.78 is 11.0. The minimum Gasteiger partial charge on any atom is -0.458 e. The molecule has 0 radical (unpaired) electrons. The second kappa shape index (κ2) is 10.8. The first-order valence-electron chi connectivity index (χ1n) is 12.6. The van der Waals surface area contributed by atoms with Crippen molar-refractivity contribution in [2.45, 2.75) is 63.2 Å². The van der Waals surface area contributed by atoms with Gasteiger partial charge in [0.2, 0.25) is 0 Å². The van der Waals surface area contributed by atoms with E-state index in [2.05, 4.69) is 41.4 Å². The lowest BCUT2D eigenvalue weighted by molar-refractivity contribution is 0.0826. The standard InChI is InChI=1S/C25H33N7O4/c1-15(14-35-2)36-25-28-19(24(34)27-18-6-3-7-20(18)33)13-21(29-25)32-11-8-16(9-12-32)22-17-5-4-10-26-23(17)31-30-22/h4-5,10,13,15-16,18,20,33H,3,6-9,11-12,14H2,1-2H3,(H,27,34)(H,26,30,31)/t15-,18+,20+/m1/s1. The van der Waals surface area contributed by atoms with E-state index in [-0.39, 0.29) is 29.8 Å². The van der Waals surface area contributed by atoms with Gasteiger partial charge in [0.15, 0.2) is 5.65 Å². The van der Waals surface area contributed by atoms with Crippen molar-refractivity contribution in [3.05, 3.63) is 35.8 Å². The number of hydrogen-bond acceptors (Lipinski definition) is 9. The SMILES string of the molecule is COC[C@@H](C)Oc1nc(C(=O)N[C@H]2CCC[C@@H]2O)cc(N2CCC(c3n[nH]c4ncccc34)CC2)n1. The fraction of sp³-hybridized carbons (Fsp3) is 0.560. The van der Waals surface area contributed by atoms with E-state index in [1.165, 1.54) is 0 Å². The van der Waals surface area contributed by atoms with Gasteiger partial charge in [0, 0.05) is 43.8 Å². The second-order valence-electron chi connectivity index (χ2n) is 9.63. The molecule has 1 aliphatic heterocycles. The van der Waals surface area contributed by atoms with E-state index in [0.29, 0.717) is 24.8 Å². The van der Waals surface area contributed by atoms with Crippen LogP contribution in [0.1, 0.15) is 61.1 Å². The summed E-state index contributed by atoms with van der Waals surface area (Å²) in [6.45, 7) is 3.75. The van der Waals surface area contributed by atoms with Crippen molar-refractivity contribution in [3.63, 3.8) is 0 Å². The number of pyridine rings is 1. The maximum atomic E-state index is 13.0. The average molecular weight is 496 g/mol. The zero-order valence-electron chi connectivity index (χ0n) is 20.7. The van der Waals surface area contributed by atoms with E-state index in [1.807, 2.05) is 13.0 Å². The molecule has 0 spiro atoms. The molecular formula is C25H33N7O4. The Morgan fingerprint density at radius 1 is 1.28 bits per heavy atom. The van der Waals surface area contributed by atoms with Crippen LogP contribution in [0.25, 0.3) is 11.0 Å². The normalized spacial score (nSPS) is 21.6. The number of piperidine rings is 1. The van der Waals surface area contributed by atoms with Crippen LogP contribution < -0.4 is 15.0 Å². The van der Waals surface area contributed by atoms with Crippen LogP contribution in [0.5, 0.6) is 6.01 Å². The molecule has 3 aromatic rings. The summed E-state index contributed by atoms with van der Waals surface area (Å²) in [5.74, 6) is 0.623. The van der Waals surface area contributed by atoms with E-state index in [9.17, 15) is 9.90 Å². The maximum Gasteiger partial charge on any atom is 0.319 e. The van der Waals surface area contributed by atoms with Gasteiger partial charge >= 0.3 is 6.01 Å². The van der Waals surface area contributed by atoms with Crippen LogP contribution in [0.4, 0.5) is 5.82 Å². The molecule has 2 fully saturated rings. The highest BCUT2D eigenvalue weighted by atomic mass is 16.5. The molecule has 3 aromatic heterocycles. The number of rotatable bonds is 8. The third-order valence-corrected chi connectivity index (χ3v) is 7.00. The molecule has 36 heavy (non-hydrogen) atoms. The van der Waals surface area contributed by atoms with Crippen LogP contribution in [0.3, 0.4) is 0 Å². The van der Waals surface area contributed by atoms with Gasteiger partial charge in [-0.3, -0.25) is 9.89 Å². The Labute approximate surface area is 209 Å². The molecule has 0 aromatic carbocycles. The summed E-state index contributed by atoms with van der Waals surface area (Å²) in [6.07, 6.45) is 5.08. The molecule has 1 saturated carbocycles. The molecule has 11 nitrogen and oxygen atoms in total. The minimum absolute atomic E-state index is 0.140. The molecule has 5 rings (SSSR count). The number of methoxy groups -OCH3 is 1. The molecule has 1 aliphatic carbocycles. The Morgan fingerprint density at radius 2 is 2.11 bits per heavy atom. The number of nitrogens with zero attached hydrogens (tertiary/aromatic N) is 5. The van der Waals surface area contributed by atoms with Crippen molar-refractivity contribution in [1.82, 2.24) is 30.5 Å². The predicted octanol–water partition coefficient (Wildman–Crippen LogP) is 2.19. The highest BCUT2D eigenvalue weighted by molar-refractivity contribution is 5.93. The summed E-state index contributed by atoms with van der Waals surface area (Å²) in [6, 6.07) is 5.57. The molecule has 0 unspecified atom stereocenters. The predicted molar refractivity (Wildman–Crippen MR) is 133 cm³/mol. The van der Waals surface area contributed by atoms with Gasteiger partial charge in [0.05, 0.1) is 24.4 Å². The number of aliphatic hydroxyl groups is 1. The first-order valence-corrected chi connectivity index (χ1v) is 12.6. The molecular weight excluding hydrogens is 462 g/mol. The van der Waals surface area contributed by atoms with Crippen molar-refractivity contribution in [1.29, 1.82) is 0 Å². The molecule has 3 N–H and O–H groups in total. The number of aromatic nitrogens is 5. The lowest BCUT2D eigenvalue weighted by atomic mass is 9.92. The number of aromatic amines is 1. The number of fused-ring (bicyclic) bond motifs is 1. The van der Waals surface area contributed by atoms with E-state index < -0.39 is 6.10 Å². The van der Waals surface area contributed by atoms with Gasteiger partial charge in [-0.25, -0.2) is 4.98 Å². The van der Waals surface area contributed by atoms with Crippen molar-refractivity contribution in [3.8, 4) is 6.01 Å². The summed E-state index contributed by atoms with van der Waals surface area (Å²) in [5, 5.41) is 21.7. The quantitative estimate of drug-likeness (QED) is 0.429. The summed E-state index contributed by atoms with van der Waals surface area (Å²) in [4.78, 5) is 28.6. The largest absolute Gasteiger partial charge is 0.458 e. The van der Waals surface area contributed by atoms with Gasteiger partial charge in [-0.2, -0.15) is 15.1 Å². The van der Waals surface area contributed by atoms with E-state index in [1.54, 1.807) is 19.4 Å². The fourth-order valence-electron chi connectivity index (χ4n) is 5.11. The molecule has 0 bridgehead atoms. The Hall–Kier alpha value is -3.31. The van der Waals surface area contributed by atoms with E-state index in [0.717, 1.165) is 55.5 Å². The molecule has 1 saturated heterocycles. The Balaban J connectivity index is 1.33. The van der Waals surface area contributed by atoms with Crippen molar-refractivity contribution < 1.29 is 19.4 Å². The van der Waals surface area contributed by atoms with Crippen molar-refractivity contribution >= 4 is 22.8 Å². The zero-order valence-corrected chi connectivity index (χ0v) is 20.7. The van der Waals surface area contributed by atoms with Crippen LogP contribution in [-0.2, 0) is 4.74 Å². The Kier molecular flexibility index (Phi) is 7.28. The van der Waals surface area contributed by atoms with Crippen LogP contribution >= 0.6 is 0 Å². The average Bonchev–Trinajstić information content (AvgIpc) is 3.50. The van der Waals surface area contributed by atoms with Crippen molar-refractivity contribution in [2.75, 3.05) is 31.7 Å². The van der Waals surface area contributed by atoms with Gasteiger partial charge in [-0.05, 0) is 51.2 Å². The van der Waals surface area contributed by atoms with Crippen LogP contribution in [0.2, 0.25) is 0 Å². The summed E-state index contributed by atoms with van der Waals surface area (Å²) >= 11 is 0. The first-order chi connectivity index (χ1) is 17.5. The Morgan fingerprint density at radius 3 is 2.86 bits per heavy atom. The van der Waals surface area contributed by atoms with Crippen LogP contribution in [-0.4, -0.2) is 81.2 Å². The maximum absolute atomic E-state index is 13.0. The molecule has 2 aliphatic rings. The number of hydrogen-bond donors (Lipinski definition) is 3. The van der Waals surface area contributed by atoms with Gasteiger partial charge in [-0.15, -0.1) is 0 Å². The third kappa shape index (κ3) is 5.26. The number of aliphatic hydroxyl groups excluding tert-OH is 1. The number of nitrogens with one attached hydrogen (secondary N) is 2. The van der Waals surface area contributed by atoms with Crippen molar-refractivity contribution in [2.24, 2.45) is 0 Å². The Bertz CT molecular complexity index is 1190. The van der Waals surface area contributed by atoms with E-state index in [4.69, 9.17) is 9.47 Å². The zero-order chi connectivity index (χ0) is 25.1. The monoisotopic (exact) mass is 495 g/mol. The number of carbonyl (C=O) groups is 1. The van der Waals surface area contributed by atoms with Gasteiger partial charge in [0.1, 0.15) is 17.6 Å². The number of H-pyrrole nitrogens is 1. The van der Waals surface area contributed by atoms with Crippen LogP contribution in [0.15, 0.2) is 24.4 Å². The molecule has 1 amide bonds. The molecule has 4 heterocycles. The number of amides is 1. The number of carbonyl (C=O) groups excluding carboxylic acids is 1. The van der Waals surface area contributed by atoms with E-state index >= 15 is 0 Å². The topological polar surface area (TPSA) is 138 Å². The first kappa shape index (κ1) is 24.4. The van der Waals surface area contributed by atoms with Gasteiger partial charge in [0.25, 0.3) is 5.91 Å². The van der Waals surface area contributed by atoms with Gasteiger partial charge in [-0.1, -0.05) is 0 Å². The summed E-state index contributed by atoms with van der Waals surface area (Å²) in [7, 11) is 1.60. The lowest BCUT2D eigenvalue weighted by Crippen LogP contribution is -2.40. The highest BCUT2D eigenvalue weighted by Gasteiger charge is 2.29. The minimum atomic E-state index is -0.528. The third-order valence-electron chi connectivity index (χ3n) is 7.00. The van der Waals surface area contributed by atoms with Crippen LogP contribution in [0, 0.1) is 0 Å². The number of ether oxygens (including phenoxy) is 2. The number of anilines is 1. The van der Waals surface area contributed by atoms with Gasteiger partial charge < -0.3 is 24.8 Å². The molecule has 192 valence electrons.